The van der Waals surface area contributed by atoms with E-state index in [0.29, 0.717) is 5.56 Å². The Bertz CT molecular complexity index is 394. The lowest BCUT2D eigenvalue weighted by molar-refractivity contribution is -0.119. The summed E-state index contributed by atoms with van der Waals surface area (Å²) in [5.41, 5.74) is 0.409. The van der Waals surface area contributed by atoms with Gasteiger partial charge in [-0.2, -0.15) is 0 Å². The van der Waals surface area contributed by atoms with Gasteiger partial charge in [-0.25, -0.2) is 0 Å². The fourth-order valence-electron chi connectivity index (χ4n) is 1.25. The molecule has 16 heavy (non-hydrogen) atoms. The number of benzene rings is 1. The van der Waals surface area contributed by atoms with Crippen molar-refractivity contribution < 1.29 is 9.59 Å². The molecule has 0 heterocycles. The minimum atomic E-state index is -1.57. The van der Waals surface area contributed by atoms with E-state index in [4.69, 9.17) is 23.2 Å². The second kappa shape index (κ2) is 5.32. The number of ketones is 1. The van der Waals surface area contributed by atoms with Crippen molar-refractivity contribution in [2.75, 3.05) is 5.88 Å². The number of carbonyl (C=O) groups excluding carboxylic acids is 2. The van der Waals surface area contributed by atoms with Crippen LogP contribution in [-0.4, -0.2) is 22.6 Å². The molecule has 0 aromatic heterocycles. The van der Waals surface area contributed by atoms with Crippen LogP contribution in [-0.2, 0) is 4.79 Å². The van der Waals surface area contributed by atoms with E-state index in [9.17, 15) is 9.59 Å². The average molecular weight is 260 g/mol. The van der Waals surface area contributed by atoms with Crippen molar-refractivity contribution in [1.82, 2.24) is 5.32 Å². The van der Waals surface area contributed by atoms with Gasteiger partial charge in [0.25, 0.3) is 0 Å². The summed E-state index contributed by atoms with van der Waals surface area (Å²) in [6.07, 6.45) is 0. The fraction of sp³-hybridized carbons (Fsp3) is 0.273. The van der Waals surface area contributed by atoms with Crippen LogP contribution in [0.2, 0.25) is 0 Å². The normalized spacial score (nSPS) is 13.9. The highest BCUT2D eigenvalue weighted by Crippen LogP contribution is 2.20. The highest BCUT2D eigenvalue weighted by molar-refractivity contribution is 6.42. The lowest BCUT2D eigenvalue weighted by atomic mass is 10.0. The van der Waals surface area contributed by atoms with Gasteiger partial charge in [-0.05, 0) is 0 Å². The Morgan fingerprint density at radius 1 is 1.31 bits per heavy atom. The van der Waals surface area contributed by atoms with Crippen molar-refractivity contribution in [1.29, 1.82) is 0 Å². The first-order valence-electron chi connectivity index (χ1n) is 4.63. The molecule has 0 saturated carbocycles. The van der Waals surface area contributed by atoms with Gasteiger partial charge in [0.15, 0.2) is 5.00 Å². The third-order valence-electron chi connectivity index (χ3n) is 1.95. The van der Waals surface area contributed by atoms with E-state index in [1.165, 1.54) is 6.92 Å². The van der Waals surface area contributed by atoms with Crippen LogP contribution in [0.5, 0.6) is 0 Å². The van der Waals surface area contributed by atoms with Crippen molar-refractivity contribution in [3.8, 4) is 0 Å². The molecule has 1 aromatic carbocycles. The van der Waals surface area contributed by atoms with Crippen molar-refractivity contribution in [3.63, 3.8) is 0 Å². The maximum Gasteiger partial charge on any atom is 0.218 e. The zero-order valence-corrected chi connectivity index (χ0v) is 10.2. The SMILES string of the molecule is CC(=O)NC(Cl)(CCl)C(=O)c1ccccc1. The Morgan fingerprint density at radius 2 is 1.88 bits per heavy atom. The Hall–Kier alpha value is -1.06. The van der Waals surface area contributed by atoms with Crippen LogP contribution in [0, 0.1) is 0 Å². The number of alkyl halides is 2. The van der Waals surface area contributed by atoms with Gasteiger partial charge in [0.1, 0.15) is 0 Å². The van der Waals surface area contributed by atoms with E-state index < -0.39 is 16.7 Å². The molecule has 1 rings (SSSR count). The van der Waals surface area contributed by atoms with Crippen molar-refractivity contribution >= 4 is 34.9 Å². The molecule has 0 aliphatic carbocycles. The maximum absolute atomic E-state index is 12.0. The molecule has 1 aromatic rings. The molecule has 0 aliphatic heterocycles. The summed E-state index contributed by atoms with van der Waals surface area (Å²) in [6, 6.07) is 8.45. The van der Waals surface area contributed by atoms with Gasteiger partial charge in [-0.3, -0.25) is 9.59 Å². The topological polar surface area (TPSA) is 46.2 Å². The lowest BCUT2D eigenvalue weighted by Gasteiger charge is -2.23. The summed E-state index contributed by atoms with van der Waals surface area (Å²) in [5.74, 6) is -1.01. The molecule has 0 radical (unpaired) electrons. The first-order valence-corrected chi connectivity index (χ1v) is 5.54. The molecular formula is C11H11Cl2NO2. The first-order chi connectivity index (χ1) is 7.49. The second-order valence-corrected chi connectivity index (χ2v) is 4.22. The molecule has 3 nitrogen and oxygen atoms in total. The van der Waals surface area contributed by atoms with Crippen molar-refractivity contribution in [2.24, 2.45) is 0 Å². The minimum absolute atomic E-state index is 0.193. The zero-order chi connectivity index (χ0) is 12.2. The summed E-state index contributed by atoms with van der Waals surface area (Å²) in [6.45, 7) is 1.28. The second-order valence-electron chi connectivity index (χ2n) is 3.31. The standard InChI is InChI=1S/C11H11Cl2NO2/c1-8(15)14-11(13,7-12)10(16)9-5-3-2-4-6-9/h2-6H,7H2,1H3,(H,14,15). The molecule has 5 heteroatoms. The molecule has 86 valence electrons. The predicted octanol–water partition coefficient (Wildman–Crippen LogP) is 2.18. The number of nitrogens with one attached hydrogen (secondary N) is 1. The van der Waals surface area contributed by atoms with Crippen LogP contribution in [0.25, 0.3) is 0 Å². The Labute approximate surface area is 104 Å². The number of hydrogen-bond donors (Lipinski definition) is 1. The summed E-state index contributed by atoms with van der Waals surface area (Å²) >= 11 is 11.6. The van der Waals surface area contributed by atoms with Gasteiger partial charge in [-0.15, -0.1) is 11.6 Å². The molecule has 1 atom stereocenters. The van der Waals surface area contributed by atoms with Gasteiger partial charge in [0, 0.05) is 12.5 Å². The van der Waals surface area contributed by atoms with Crippen LogP contribution < -0.4 is 5.32 Å². The van der Waals surface area contributed by atoms with Crippen molar-refractivity contribution in [3.05, 3.63) is 35.9 Å². The molecule has 0 saturated heterocycles. The van der Waals surface area contributed by atoms with Gasteiger partial charge in [0.05, 0.1) is 5.88 Å². The quantitative estimate of drug-likeness (QED) is 0.512. The smallest absolute Gasteiger partial charge is 0.218 e. The van der Waals surface area contributed by atoms with Crippen LogP contribution >= 0.6 is 23.2 Å². The largest absolute Gasteiger partial charge is 0.330 e. The van der Waals surface area contributed by atoms with Gasteiger partial charge in [-0.1, -0.05) is 41.9 Å². The summed E-state index contributed by atoms with van der Waals surface area (Å²) in [5, 5.41) is 2.35. The number of rotatable bonds is 4. The predicted molar refractivity (Wildman–Crippen MR) is 63.9 cm³/mol. The number of halogens is 2. The number of amides is 1. The Balaban J connectivity index is 2.97. The molecule has 0 fully saturated rings. The van der Waals surface area contributed by atoms with E-state index in [1.54, 1.807) is 30.3 Å². The van der Waals surface area contributed by atoms with Crippen LogP contribution in [0.15, 0.2) is 30.3 Å². The average Bonchev–Trinajstić information content (AvgIpc) is 2.28. The van der Waals surface area contributed by atoms with Crippen LogP contribution in [0.1, 0.15) is 17.3 Å². The first kappa shape index (κ1) is 13.0. The van der Waals surface area contributed by atoms with E-state index in [0.717, 1.165) is 0 Å². The Morgan fingerprint density at radius 3 is 2.31 bits per heavy atom. The van der Waals surface area contributed by atoms with E-state index in [2.05, 4.69) is 5.32 Å². The van der Waals surface area contributed by atoms with E-state index >= 15 is 0 Å². The lowest BCUT2D eigenvalue weighted by Crippen LogP contribution is -2.50. The number of hydrogen-bond acceptors (Lipinski definition) is 2. The molecule has 1 N–H and O–H groups in total. The highest BCUT2D eigenvalue weighted by Gasteiger charge is 2.36. The van der Waals surface area contributed by atoms with Gasteiger partial charge in [0.2, 0.25) is 11.7 Å². The van der Waals surface area contributed by atoms with E-state index in [1.807, 2.05) is 0 Å². The third kappa shape index (κ3) is 2.97. The van der Waals surface area contributed by atoms with Gasteiger partial charge >= 0.3 is 0 Å². The third-order valence-corrected chi connectivity index (χ3v) is 2.89. The van der Waals surface area contributed by atoms with Crippen LogP contribution in [0.4, 0.5) is 0 Å². The molecular weight excluding hydrogens is 249 g/mol. The monoisotopic (exact) mass is 259 g/mol. The molecule has 0 bridgehead atoms. The molecule has 0 spiro atoms. The summed E-state index contributed by atoms with van der Waals surface area (Å²) in [4.78, 5) is 21.4. The summed E-state index contributed by atoms with van der Waals surface area (Å²) in [7, 11) is 0. The summed E-state index contributed by atoms with van der Waals surface area (Å²) < 4.78 is 0. The highest BCUT2D eigenvalue weighted by atomic mass is 35.5. The van der Waals surface area contributed by atoms with Crippen LogP contribution in [0.3, 0.4) is 0 Å². The van der Waals surface area contributed by atoms with Crippen molar-refractivity contribution in [2.45, 2.75) is 11.9 Å². The molecule has 1 unspecified atom stereocenters. The van der Waals surface area contributed by atoms with E-state index in [-0.39, 0.29) is 5.88 Å². The minimum Gasteiger partial charge on any atom is -0.330 e. The number of Topliss-reactive ketones (excluding diaryl/α,β-unsaturated/α-hetero) is 1. The zero-order valence-electron chi connectivity index (χ0n) is 8.67. The molecule has 1 amide bonds. The maximum atomic E-state index is 12.0. The number of carbonyl (C=O) groups is 2. The Kier molecular flexibility index (Phi) is 4.33. The van der Waals surface area contributed by atoms with Gasteiger partial charge < -0.3 is 5.32 Å². The fourth-order valence-corrected chi connectivity index (χ4v) is 1.68. The molecule has 0 aliphatic rings.